The summed E-state index contributed by atoms with van der Waals surface area (Å²) in [6.45, 7) is 2.05. The van der Waals surface area contributed by atoms with Crippen LogP contribution in [-0.2, 0) is 11.2 Å². The average Bonchev–Trinajstić information content (AvgIpc) is 2.68. The van der Waals surface area contributed by atoms with Crippen LogP contribution in [0, 0.1) is 6.92 Å². The summed E-state index contributed by atoms with van der Waals surface area (Å²) < 4.78 is 0.711. The smallest absolute Gasteiger partial charge is 0.313 e. The Kier molecular flexibility index (Phi) is 4.44. The molecule has 19 heavy (non-hydrogen) atoms. The van der Waals surface area contributed by atoms with Gasteiger partial charge in [0.2, 0.25) is 0 Å². The molecule has 2 aromatic rings. The molecular formula is C13H14N2O2S2. The van der Waals surface area contributed by atoms with E-state index in [0.29, 0.717) is 10.2 Å². The number of aliphatic carboxylic acids is 1. The van der Waals surface area contributed by atoms with Crippen LogP contribution >= 0.6 is 23.1 Å². The van der Waals surface area contributed by atoms with Crippen LogP contribution in [0.15, 0.2) is 28.6 Å². The number of hydrogen-bond acceptors (Lipinski definition) is 5. The van der Waals surface area contributed by atoms with Crippen LogP contribution in [0.1, 0.15) is 16.0 Å². The van der Waals surface area contributed by atoms with Gasteiger partial charge in [-0.1, -0.05) is 41.6 Å². The van der Waals surface area contributed by atoms with Crippen molar-refractivity contribution in [2.75, 3.05) is 11.5 Å². The molecule has 2 rings (SSSR count). The van der Waals surface area contributed by atoms with Gasteiger partial charge >= 0.3 is 5.97 Å². The van der Waals surface area contributed by atoms with Crippen LogP contribution in [0.3, 0.4) is 0 Å². The minimum atomic E-state index is -0.848. The zero-order valence-electron chi connectivity index (χ0n) is 10.4. The highest BCUT2D eigenvalue weighted by molar-refractivity contribution is 8.01. The van der Waals surface area contributed by atoms with Gasteiger partial charge in [0.25, 0.3) is 0 Å². The van der Waals surface area contributed by atoms with E-state index in [0.717, 1.165) is 11.3 Å². The molecular weight excluding hydrogens is 280 g/mol. The van der Waals surface area contributed by atoms with Gasteiger partial charge in [-0.2, -0.15) is 0 Å². The van der Waals surface area contributed by atoms with Gasteiger partial charge in [0.15, 0.2) is 4.34 Å². The monoisotopic (exact) mass is 294 g/mol. The zero-order valence-corrected chi connectivity index (χ0v) is 12.1. The highest BCUT2D eigenvalue weighted by atomic mass is 32.2. The van der Waals surface area contributed by atoms with Crippen LogP contribution in [0.2, 0.25) is 0 Å². The maximum absolute atomic E-state index is 10.5. The number of benzene rings is 1. The van der Waals surface area contributed by atoms with Gasteiger partial charge in [0.05, 0.1) is 10.6 Å². The van der Waals surface area contributed by atoms with Crippen LogP contribution in [0.25, 0.3) is 0 Å². The lowest BCUT2D eigenvalue weighted by Gasteiger charge is -2.00. The first-order valence-electron chi connectivity index (χ1n) is 5.70. The number of carbonyl (C=O) groups is 1. The standard InChI is InChI=1S/C13H14N2O2S2/c1-8-3-2-4-9(5-8)6-10-12(14)15-13(19-10)18-7-11(16)17/h2-5H,6-7,14H2,1H3,(H,16,17). The number of carboxylic acids is 1. The molecule has 0 aliphatic carbocycles. The molecule has 6 heteroatoms. The van der Waals surface area contributed by atoms with E-state index < -0.39 is 5.97 Å². The third kappa shape index (κ3) is 3.97. The number of rotatable bonds is 5. The molecule has 0 unspecified atom stereocenters. The van der Waals surface area contributed by atoms with Gasteiger partial charge in [0, 0.05) is 6.42 Å². The van der Waals surface area contributed by atoms with Crippen molar-refractivity contribution in [1.29, 1.82) is 0 Å². The normalized spacial score (nSPS) is 10.6. The summed E-state index contributed by atoms with van der Waals surface area (Å²) >= 11 is 2.67. The van der Waals surface area contributed by atoms with Gasteiger partial charge < -0.3 is 10.8 Å². The molecule has 0 radical (unpaired) electrons. The molecule has 0 aliphatic rings. The topological polar surface area (TPSA) is 76.2 Å². The molecule has 0 saturated heterocycles. The molecule has 0 amide bonds. The highest BCUT2D eigenvalue weighted by Gasteiger charge is 2.11. The summed E-state index contributed by atoms with van der Waals surface area (Å²) in [6.07, 6.45) is 0.735. The van der Waals surface area contributed by atoms with Crippen LogP contribution < -0.4 is 5.73 Å². The molecule has 1 aromatic carbocycles. The van der Waals surface area contributed by atoms with Crippen molar-refractivity contribution in [3.05, 3.63) is 40.3 Å². The average molecular weight is 294 g/mol. The Morgan fingerprint density at radius 1 is 1.53 bits per heavy atom. The Labute approximate surface area is 119 Å². The maximum Gasteiger partial charge on any atom is 0.313 e. The minimum absolute atomic E-state index is 0.0108. The van der Waals surface area contributed by atoms with Crippen molar-refractivity contribution in [3.63, 3.8) is 0 Å². The van der Waals surface area contributed by atoms with Crippen molar-refractivity contribution in [1.82, 2.24) is 4.98 Å². The van der Waals surface area contributed by atoms with Crippen molar-refractivity contribution in [2.45, 2.75) is 17.7 Å². The zero-order chi connectivity index (χ0) is 13.8. The number of nitrogen functional groups attached to an aromatic ring is 1. The Bertz CT molecular complexity index is 596. The number of anilines is 1. The fraction of sp³-hybridized carbons (Fsp3) is 0.231. The first-order chi connectivity index (χ1) is 9.04. The number of carboxylic acid groups (broad SMARTS) is 1. The predicted octanol–water partition coefficient (Wildman–Crippen LogP) is 2.80. The summed E-state index contributed by atoms with van der Waals surface area (Å²) in [5.74, 6) is -0.338. The van der Waals surface area contributed by atoms with Crippen molar-refractivity contribution < 1.29 is 9.90 Å². The van der Waals surface area contributed by atoms with Crippen LogP contribution in [-0.4, -0.2) is 21.8 Å². The maximum atomic E-state index is 10.5. The van der Waals surface area contributed by atoms with Gasteiger partial charge in [0.1, 0.15) is 5.82 Å². The molecule has 1 heterocycles. The first kappa shape index (κ1) is 13.9. The fourth-order valence-electron chi connectivity index (χ4n) is 1.66. The highest BCUT2D eigenvalue weighted by Crippen LogP contribution is 2.30. The van der Waals surface area contributed by atoms with E-state index in [1.807, 2.05) is 19.1 Å². The summed E-state index contributed by atoms with van der Waals surface area (Å²) in [4.78, 5) is 15.7. The molecule has 4 nitrogen and oxygen atoms in total. The largest absolute Gasteiger partial charge is 0.481 e. The van der Waals surface area contributed by atoms with Crippen molar-refractivity contribution >= 4 is 34.9 Å². The second-order valence-corrected chi connectivity index (χ2v) is 6.44. The summed E-state index contributed by atoms with van der Waals surface area (Å²) in [6, 6.07) is 8.23. The van der Waals surface area contributed by atoms with Crippen LogP contribution in [0.5, 0.6) is 0 Å². The number of thioether (sulfide) groups is 1. The lowest BCUT2D eigenvalue weighted by Crippen LogP contribution is -1.97. The van der Waals surface area contributed by atoms with E-state index in [1.54, 1.807) is 0 Å². The third-order valence-electron chi connectivity index (χ3n) is 2.47. The number of nitrogens with zero attached hydrogens (tertiary/aromatic N) is 1. The summed E-state index contributed by atoms with van der Waals surface area (Å²) in [7, 11) is 0. The lowest BCUT2D eigenvalue weighted by atomic mass is 10.1. The number of aryl methyl sites for hydroxylation is 1. The Morgan fingerprint density at radius 3 is 3.00 bits per heavy atom. The second-order valence-electron chi connectivity index (χ2n) is 4.14. The third-order valence-corrected chi connectivity index (χ3v) is 4.67. The van der Waals surface area contributed by atoms with Gasteiger partial charge in [-0.3, -0.25) is 4.79 Å². The summed E-state index contributed by atoms with van der Waals surface area (Å²) in [5.41, 5.74) is 8.27. The number of thiazole rings is 1. The molecule has 0 saturated carbocycles. The van der Waals surface area contributed by atoms with E-state index in [2.05, 4.69) is 17.1 Å². The molecule has 3 N–H and O–H groups in total. The lowest BCUT2D eigenvalue weighted by molar-refractivity contribution is -0.133. The fourth-order valence-corrected chi connectivity index (χ4v) is 3.53. The molecule has 0 aliphatic heterocycles. The predicted molar refractivity (Wildman–Crippen MR) is 78.9 cm³/mol. The Morgan fingerprint density at radius 2 is 2.32 bits per heavy atom. The second kappa shape index (κ2) is 6.08. The number of aromatic nitrogens is 1. The quantitative estimate of drug-likeness (QED) is 0.829. The van der Waals surface area contributed by atoms with Crippen molar-refractivity contribution in [3.8, 4) is 0 Å². The first-order valence-corrected chi connectivity index (χ1v) is 7.50. The van der Waals surface area contributed by atoms with Crippen molar-refractivity contribution in [2.24, 2.45) is 0 Å². The van der Waals surface area contributed by atoms with E-state index >= 15 is 0 Å². The number of nitrogens with two attached hydrogens (primary N) is 1. The van der Waals surface area contributed by atoms with E-state index in [-0.39, 0.29) is 5.75 Å². The van der Waals surface area contributed by atoms with Crippen LogP contribution in [0.4, 0.5) is 5.82 Å². The van der Waals surface area contributed by atoms with E-state index in [9.17, 15) is 4.79 Å². The van der Waals surface area contributed by atoms with E-state index in [1.165, 1.54) is 34.2 Å². The van der Waals surface area contributed by atoms with E-state index in [4.69, 9.17) is 10.8 Å². The molecule has 0 spiro atoms. The Hall–Kier alpha value is -1.53. The molecule has 0 bridgehead atoms. The van der Waals surface area contributed by atoms with Gasteiger partial charge in [-0.15, -0.1) is 11.3 Å². The Balaban J connectivity index is 2.10. The SMILES string of the molecule is Cc1cccc(Cc2sc(SCC(=O)O)nc2N)c1. The minimum Gasteiger partial charge on any atom is -0.481 e. The molecule has 1 aromatic heterocycles. The number of hydrogen-bond donors (Lipinski definition) is 2. The van der Waals surface area contributed by atoms with Gasteiger partial charge in [-0.05, 0) is 12.5 Å². The molecule has 100 valence electrons. The molecule has 0 fully saturated rings. The summed E-state index contributed by atoms with van der Waals surface area (Å²) in [5, 5.41) is 8.64. The van der Waals surface area contributed by atoms with Gasteiger partial charge in [-0.25, -0.2) is 4.98 Å². The molecule has 0 atom stereocenters.